The Bertz CT molecular complexity index is 894. The van der Waals surface area contributed by atoms with Crippen molar-refractivity contribution in [3.05, 3.63) is 52.8 Å². The Morgan fingerprint density at radius 2 is 1.85 bits per heavy atom. The molecule has 2 atom stereocenters. The van der Waals surface area contributed by atoms with Gasteiger partial charge in [0.1, 0.15) is 16.7 Å². The third kappa shape index (κ3) is 3.31. The second-order valence-corrected chi connectivity index (χ2v) is 9.35. The highest BCUT2D eigenvalue weighted by molar-refractivity contribution is 7.89. The quantitative estimate of drug-likeness (QED) is 0.756. The summed E-state index contributed by atoms with van der Waals surface area (Å²) in [6.45, 7) is 0. The predicted octanol–water partition coefficient (Wildman–Crippen LogP) is 4.15. The first-order chi connectivity index (χ1) is 12.4. The molecular formula is C18H18Cl2N2O3S. The Morgan fingerprint density at radius 1 is 1.12 bits per heavy atom. The van der Waals surface area contributed by atoms with Gasteiger partial charge in [0.2, 0.25) is 10.0 Å². The third-order valence-corrected chi connectivity index (χ3v) is 7.73. The number of hydrogen-bond donors (Lipinski definition) is 0. The summed E-state index contributed by atoms with van der Waals surface area (Å²) in [5.41, 5.74) is 0. The molecule has 2 aliphatic heterocycles. The van der Waals surface area contributed by atoms with Gasteiger partial charge in [-0.1, -0.05) is 23.2 Å². The topological polar surface area (TPSA) is 59.5 Å². The minimum absolute atomic E-state index is 0.0158. The summed E-state index contributed by atoms with van der Waals surface area (Å²) in [6.07, 6.45) is 6.32. The van der Waals surface area contributed by atoms with Crippen LogP contribution in [0, 0.1) is 0 Å². The lowest BCUT2D eigenvalue weighted by atomic mass is 10.0. The summed E-state index contributed by atoms with van der Waals surface area (Å²) in [4.78, 5) is 4.14. The van der Waals surface area contributed by atoms with Gasteiger partial charge in [0.25, 0.3) is 0 Å². The zero-order valence-corrected chi connectivity index (χ0v) is 16.2. The van der Waals surface area contributed by atoms with E-state index < -0.39 is 10.0 Å². The van der Waals surface area contributed by atoms with Gasteiger partial charge in [-0.05, 0) is 43.2 Å². The molecule has 0 saturated carbocycles. The van der Waals surface area contributed by atoms with Gasteiger partial charge in [0, 0.05) is 36.1 Å². The monoisotopic (exact) mass is 412 g/mol. The minimum atomic E-state index is -3.70. The first-order valence-electron chi connectivity index (χ1n) is 8.50. The van der Waals surface area contributed by atoms with E-state index >= 15 is 0 Å². The normalized spacial score (nSPS) is 26.0. The SMILES string of the molecule is O=S(=O)(c1cc(Cl)ccc1Cl)N1C2CCC1CC(Oc1cccnc1)C2. The number of rotatable bonds is 4. The van der Waals surface area contributed by atoms with Gasteiger partial charge in [-0.25, -0.2) is 8.42 Å². The van der Waals surface area contributed by atoms with E-state index in [0.717, 1.165) is 12.8 Å². The molecule has 0 N–H and O–H groups in total. The molecule has 2 saturated heterocycles. The van der Waals surface area contributed by atoms with Crippen molar-refractivity contribution in [2.75, 3.05) is 0 Å². The fourth-order valence-electron chi connectivity index (χ4n) is 3.97. The molecule has 138 valence electrons. The van der Waals surface area contributed by atoms with Crippen molar-refractivity contribution in [1.29, 1.82) is 0 Å². The van der Waals surface area contributed by atoms with Gasteiger partial charge in [-0.15, -0.1) is 0 Å². The molecule has 2 bridgehead atoms. The lowest BCUT2D eigenvalue weighted by Gasteiger charge is -2.37. The lowest BCUT2D eigenvalue weighted by Crippen LogP contribution is -2.49. The molecule has 3 heterocycles. The Labute approximate surface area is 162 Å². The number of pyridine rings is 1. The third-order valence-electron chi connectivity index (χ3n) is 5.01. The van der Waals surface area contributed by atoms with E-state index in [2.05, 4.69) is 4.98 Å². The van der Waals surface area contributed by atoms with Gasteiger partial charge in [0.15, 0.2) is 0 Å². The average Bonchev–Trinajstić information content (AvgIpc) is 2.90. The van der Waals surface area contributed by atoms with Crippen molar-refractivity contribution >= 4 is 33.2 Å². The van der Waals surface area contributed by atoms with Crippen molar-refractivity contribution in [1.82, 2.24) is 9.29 Å². The van der Waals surface area contributed by atoms with Crippen LogP contribution in [0.3, 0.4) is 0 Å². The van der Waals surface area contributed by atoms with Crippen LogP contribution in [-0.2, 0) is 10.0 Å². The second-order valence-electron chi connectivity index (χ2n) is 6.69. The van der Waals surface area contributed by atoms with Gasteiger partial charge in [-0.3, -0.25) is 4.98 Å². The summed E-state index contributed by atoms with van der Waals surface area (Å²) in [5, 5.41) is 0.553. The van der Waals surface area contributed by atoms with Crippen LogP contribution in [0.15, 0.2) is 47.6 Å². The maximum absolute atomic E-state index is 13.2. The molecule has 2 unspecified atom stereocenters. The maximum atomic E-state index is 13.2. The molecule has 0 spiro atoms. The summed E-state index contributed by atoms with van der Waals surface area (Å²) in [6, 6.07) is 8.05. The molecule has 0 radical (unpaired) electrons. The molecule has 0 amide bonds. The number of benzene rings is 1. The number of piperidine rings is 1. The molecule has 4 rings (SSSR count). The fraction of sp³-hybridized carbons (Fsp3) is 0.389. The van der Waals surface area contributed by atoms with Crippen LogP contribution in [0.2, 0.25) is 10.0 Å². The molecule has 0 aliphatic carbocycles. The van der Waals surface area contributed by atoms with Gasteiger partial charge >= 0.3 is 0 Å². The van der Waals surface area contributed by atoms with E-state index in [0.29, 0.717) is 23.6 Å². The van der Waals surface area contributed by atoms with Crippen LogP contribution in [0.1, 0.15) is 25.7 Å². The minimum Gasteiger partial charge on any atom is -0.489 e. The van der Waals surface area contributed by atoms with Gasteiger partial charge in [0.05, 0.1) is 11.2 Å². The average molecular weight is 413 g/mol. The van der Waals surface area contributed by atoms with Crippen molar-refractivity contribution in [3.8, 4) is 5.75 Å². The zero-order chi connectivity index (χ0) is 18.3. The number of aromatic nitrogens is 1. The number of fused-ring (bicyclic) bond motifs is 2. The van der Waals surface area contributed by atoms with E-state index in [1.54, 1.807) is 22.8 Å². The number of nitrogens with zero attached hydrogens (tertiary/aromatic N) is 2. The predicted molar refractivity (Wildman–Crippen MR) is 100 cm³/mol. The number of ether oxygens (including phenoxy) is 1. The highest BCUT2D eigenvalue weighted by atomic mass is 35.5. The zero-order valence-electron chi connectivity index (χ0n) is 13.9. The van der Waals surface area contributed by atoms with Crippen LogP contribution in [0.4, 0.5) is 0 Å². The van der Waals surface area contributed by atoms with E-state index in [9.17, 15) is 8.42 Å². The summed E-state index contributed by atoms with van der Waals surface area (Å²) in [5.74, 6) is 0.714. The highest BCUT2D eigenvalue weighted by Gasteiger charge is 2.48. The highest BCUT2D eigenvalue weighted by Crippen LogP contribution is 2.42. The van der Waals surface area contributed by atoms with Crippen molar-refractivity contribution in [3.63, 3.8) is 0 Å². The van der Waals surface area contributed by atoms with Crippen LogP contribution in [-0.4, -0.2) is 35.9 Å². The van der Waals surface area contributed by atoms with E-state index in [-0.39, 0.29) is 28.1 Å². The summed E-state index contributed by atoms with van der Waals surface area (Å²) in [7, 11) is -3.70. The van der Waals surface area contributed by atoms with Crippen molar-refractivity contribution in [2.24, 2.45) is 0 Å². The summed E-state index contributed by atoms with van der Waals surface area (Å²) < 4.78 is 34.1. The number of hydrogen-bond acceptors (Lipinski definition) is 4. The number of sulfonamides is 1. The fourth-order valence-corrected chi connectivity index (χ4v) is 6.60. The van der Waals surface area contributed by atoms with Crippen LogP contribution < -0.4 is 4.74 Å². The van der Waals surface area contributed by atoms with Gasteiger partial charge in [-0.2, -0.15) is 4.31 Å². The first-order valence-corrected chi connectivity index (χ1v) is 10.7. The first kappa shape index (κ1) is 18.0. The molecule has 26 heavy (non-hydrogen) atoms. The van der Waals surface area contributed by atoms with Crippen molar-refractivity contribution in [2.45, 2.75) is 48.8 Å². The molecule has 1 aromatic heterocycles. The standard InChI is InChI=1S/C18H18Cl2N2O3S/c19-12-3-6-17(20)18(8-12)26(23,24)22-13-4-5-14(22)10-16(9-13)25-15-2-1-7-21-11-15/h1-3,6-8,11,13-14,16H,4-5,9-10H2. The Kier molecular flexibility index (Phi) is 4.86. The molecule has 2 fully saturated rings. The van der Waals surface area contributed by atoms with E-state index in [1.807, 2.05) is 12.1 Å². The molecule has 8 heteroatoms. The molecule has 2 aromatic rings. The van der Waals surface area contributed by atoms with E-state index in [4.69, 9.17) is 27.9 Å². The lowest BCUT2D eigenvalue weighted by molar-refractivity contribution is 0.0953. The van der Waals surface area contributed by atoms with Crippen LogP contribution in [0.25, 0.3) is 0 Å². The van der Waals surface area contributed by atoms with E-state index in [1.165, 1.54) is 12.1 Å². The molecule has 1 aromatic carbocycles. The maximum Gasteiger partial charge on any atom is 0.245 e. The Balaban J connectivity index is 1.57. The van der Waals surface area contributed by atoms with Gasteiger partial charge < -0.3 is 4.74 Å². The van der Waals surface area contributed by atoms with Crippen LogP contribution in [0.5, 0.6) is 5.75 Å². The largest absolute Gasteiger partial charge is 0.489 e. The second kappa shape index (κ2) is 7.00. The summed E-state index contributed by atoms with van der Waals surface area (Å²) >= 11 is 12.2. The van der Waals surface area contributed by atoms with Crippen LogP contribution >= 0.6 is 23.2 Å². The Morgan fingerprint density at radius 3 is 2.50 bits per heavy atom. The smallest absolute Gasteiger partial charge is 0.245 e. The molecular weight excluding hydrogens is 395 g/mol. The van der Waals surface area contributed by atoms with Crippen molar-refractivity contribution < 1.29 is 13.2 Å². The Hall–Kier alpha value is -1.34. The molecule has 2 aliphatic rings. The number of halogens is 2. The molecule has 5 nitrogen and oxygen atoms in total.